The second-order valence-corrected chi connectivity index (χ2v) is 6.05. The molecular formula is C15H32. The molecule has 0 aliphatic carbocycles. The van der Waals surface area contributed by atoms with Crippen molar-refractivity contribution in [2.24, 2.45) is 17.3 Å². The molecule has 0 aliphatic heterocycles. The SMILES string of the molecule is CCCC(CC(C)(C)CCC)C(C)CC. The van der Waals surface area contributed by atoms with Crippen LogP contribution in [0.5, 0.6) is 0 Å². The highest BCUT2D eigenvalue weighted by Gasteiger charge is 2.24. The van der Waals surface area contributed by atoms with Crippen molar-refractivity contribution in [1.82, 2.24) is 0 Å². The van der Waals surface area contributed by atoms with Crippen LogP contribution in [0.25, 0.3) is 0 Å². The molecule has 0 saturated heterocycles. The summed E-state index contributed by atoms with van der Waals surface area (Å²) in [5.74, 6) is 1.85. The van der Waals surface area contributed by atoms with Gasteiger partial charge in [0.05, 0.1) is 0 Å². The highest BCUT2D eigenvalue weighted by molar-refractivity contribution is 4.76. The Balaban J connectivity index is 4.25. The lowest BCUT2D eigenvalue weighted by atomic mass is 9.73. The van der Waals surface area contributed by atoms with Crippen molar-refractivity contribution in [2.75, 3.05) is 0 Å². The first-order chi connectivity index (χ1) is 6.96. The van der Waals surface area contributed by atoms with Crippen molar-refractivity contribution in [3.05, 3.63) is 0 Å². The van der Waals surface area contributed by atoms with E-state index < -0.39 is 0 Å². The first-order valence-corrected chi connectivity index (χ1v) is 6.96. The summed E-state index contributed by atoms with van der Waals surface area (Å²) in [6.07, 6.45) is 8.23. The van der Waals surface area contributed by atoms with Gasteiger partial charge in [-0.15, -0.1) is 0 Å². The fourth-order valence-electron chi connectivity index (χ4n) is 2.78. The molecule has 0 saturated carbocycles. The largest absolute Gasteiger partial charge is 0.0654 e. The van der Waals surface area contributed by atoms with Crippen LogP contribution in [0.4, 0.5) is 0 Å². The van der Waals surface area contributed by atoms with E-state index in [1.54, 1.807) is 0 Å². The second-order valence-electron chi connectivity index (χ2n) is 6.05. The van der Waals surface area contributed by atoms with Gasteiger partial charge in [-0.25, -0.2) is 0 Å². The van der Waals surface area contributed by atoms with Crippen LogP contribution in [0.1, 0.15) is 80.1 Å². The summed E-state index contributed by atoms with van der Waals surface area (Å²) >= 11 is 0. The Morgan fingerprint density at radius 1 is 1.00 bits per heavy atom. The van der Waals surface area contributed by atoms with Crippen LogP contribution >= 0.6 is 0 Å². The van der Waals surface area contributed by atoms with Gasteiger partial charge in [-0.1, -0.05) is 67.2 Å². The van der Waals surface area contributed by atoms with E-state index in [1.807, 2.05) is 0 Å². The number of hydrogen-bond acceptors (Lipinski definition) is 0. The third-order valence-electron chi connectivity index (χ3n) is 3.85. The van der Waals surface area contributed by atoms with Crippen molar-refractivity contribution < 1.29 is 0 Å². The topological polar surface area (TPSA) is 0 Å². The molecule has 0 aromatic heterocycles. The van der Waals surface area contributed by atoms with E-state index in [9.17, 15) is 0 Å². The minimum absolute atomic E-state index is 0.554. The first kappa shape index (κ1) is 15.0. The lowest BCUT2D eigenvalue weighted by Crippen LogP contribution is -2.21. The first-order valence-electron chi connectivity index (χ1n) is 6.96. The van der Waals surface area contributed by atoms with E-state index >= 15 is 0 Å². The van der Waals surface area contributed by atoms with E-state index in [2.05, 4.69) is 41.5 Å². The maximum Gasteiger partial charge on any atom is -0.0352 e. The fraction of sp³-hybridized carbons (Fsp3) is 1.00. The van der Waals surface area contributed by atoms with Crippen molar-refractivity contribution in [1.29, 1.82) is 0 Å². The number of rotatable bonds is 8. The zero-order chi connectivity index (χ0) is 11.9. The third kappa shape index (κ3) is 6.22. The summed E-state index contributed by atoms with van der Waals surface area (Å²) in [6.45, 7) is 14.3. The predicted molar refractivity (Wildman–Crippen MR) is 71.2 cm³/mol. The van der Waals surface area contributed by atoms with Crippen LogP contribution in [-0.2, 0) is 0 Å². The molecule has 0 fully saturated rings. The second kappa shape index (κ2) is 7.30. The Kier molecular flexibility index (Phi) is 7.30. The maximum atomic E-state index is 2.45. The van der Waals surface area contributed by atoms with Crippen LogP contribution in [0.2, 0.25) is 0 Å². The fourth-order valence-corrected chi connectivity index (χ4v) is 2.78. The molecular weight excluding hydrogens is 180 g/mol. The summed E-state index contributed by atoms with van der Waals surface area (Å²) in [6, 6.07) is 0. The van der Waals surface area contributed by atoms with Gasteiger partial charge < -0.3 is 0 Å². The minimum Gasteiger partial charge on any atom is -0.0654 e. The Bertz CT molecular complexity index is 146. The summed E-state index contributed by atoms with van der Waals surface area (Å²) in [7, 11) is 0. The average molecular weight is 212 g/mol. The maximum absolute atomic E-state index is 2.45. The van der Waals surface area contributed by atoms with Gasteiger partial charge in [-0.3, -0.25) is 0 Å². The van der Waals surface area contributed by atoms with Crippen LogP contribution in [0.3, 0.4) is 0 Å². The molecule has 0 heterocycles. The average Bonchev–Trinajstić information content (AvgIpc) is 2.15. The Labute approximate surface area is 97.8 Å². The van der Waals surface area contributed by atoms with Crippen molar-refractivity contribution in [3.8, 4) is 0 Å². The Morgan fingerprint density at radius 2 is 1.60 bits per heavy atom. The summed E-state index contributed by atoms with van der Waals surface area (Å²) in [5, 5.41) is 0. The Hall–Kier alpha value is 0. The monoisotopic (exact) mass is 212 g/mol. The molecule has 0 rings (SSSR count). The van der Waals surface area contributed by atoms with Crippen molar-refractivity contribution in [2.45, 2.75) is 80.1 Å². The molecule has 2 atom stereocenters. The molecule has 0 heteroatoms. The van der Waals surface area contributed by atoms with Crippen LogP contribution < -0.4 is 0 Å². The van der Waals surface area contributed by atoms with Crippen LogP contribution in [0.15, 0.2) is 0 Å². The van der Waals surface area contributed by atoms with Crippen LogP contribution in [0, 0.1) is 17.3 Å². The summed E-state index contributed by atoms with van der Waals surface area (Å²) in [5.41, 5.74) is 0.554. The van der Waals surface area contributed by atoms with Gasteiger partial charge in [-0.2, -0.15) is 0 Å². The third-order valence-corrected chi connectivity index (χ3v) is 3.85. The zero-order valence-corrected chi connectivity index (χ0v) is 11.9. The summed E-state index contributed by atoms with van der Waals surface area (Å²) in [4.78, 5) is 0. The Morgan fingerprint density at radius 3 is 2.00 bits per heavy atom. The molecule has 0 bridgehead atoms. The molecule has 0 amide bonds. The molecule has 0 N–H and O–H groups in total. The van der Waals surface area contributed by atoms with Crippen LogP contribution in [-0.4, -0.2) is 0 Å². The molecule has 0 radical (unpaired) electrons. The van der Waals surface area contributed by atoms with Gasteiger partial charge in [0.1, 0.15) is 0 Å². The van der Waals surface area contributed by atoms with Gasteiger partial charge in [0, 0.05) is 0 Å². The molecule has 2 unspecified atom stereocenters. The molecule has 92 valence electrons. The van der Waals surface area contributed by atoms with E-state index in [0.29, 0.717) is 5.41 Å². The predicted octanol–water partition coefficient (Wildman–Crippen LogP) is 5.67. The highest BCUT2D eigenvalue weighted by atomic mass is 14.3. The van der Waals surface area contributed by atoms with E-state index in [0.717, 1.165) is 11.8 Å². The smallest absolute Gasteiger partial charge is 0.0352 e. The van der Waals surface area contributed by atoms with Gasteiger partial charge in [-0.05, 0) is 30.1 Å². The van der Waals surface area contributed by atoms with Gasteiger partial charge in [0.2, 0.25) is 0 Å². The van der Waals surface area contributed by atoms with E-state index in [4.69, 9.17) is 0 Å². The molecule has 0 nitrogen and oxygen atoms in total. The van der Waals surface area contributed by atoms with Gasteiger partial charge >= 0.3 is 0 Å². The molecule has 0 aliphatic rings. The highest BCUT2D eigenvalue weighted by Crippen LogP contribution is 2.36. The molecule has 15 heavy (non-hydrogen) atoms. The van der Waals surface area contributed by atoms with Crippen molar-refractivity contribution >= 4 is 0 Å². The van der Waals surface area contributed by atoms with Gasteiger partial charge in [0.15, 0.2) is 0 Å². The molecule has 0 aromatic carbocycles. The summed E-state index contributed by atoms with van der Waals surface area (Å²) < 4.78 is 0. The van der Waals surface area contributed by atoms with Gasteiger partial charge in [0.25, 0.3) is 0 Å². The number of hydrogen-bond donors (Lipinski definition) is 0. The molecule has 0 aromatic rings. The van der Waals surface area contributed by atoms with E-state index in [1.165, 1.54) is 38.5 Å². The zero-order valence-electron chi connectivity index (χ0n) is 11.9. The molecule has 0 spiro atoms. The van der Waals surface area contributed by atoms with Crippen molar-refractivity contribution in [3.63, 3.8) is 0 Å². The normalized spacial score (nSPS) is 16.4. The standard InChI is InChI=1S/C15H32/c1-7-10-14(13(4)9-3)12-15(5,6)11-8-2/h13-14H,7-12H2,1-6H3. The quantitative estimate of drug-likeness (QED) is 0.486. The van der Waals surface area contributed by atoms with E-state index in [-0.39, 0.29) is 0 Å². The lowest BCUT2D eigenvalue weighted by Gasteiger charge is -2.32. The lowest BCUT2D eigenvalue weighted by molar-refractivity contribution is 0.188. The minimum atomic E-state index is 0.554.